The van der Waals surface area contributed by atoms with Crippen molar-refractivity contribution < 1.29 is 23.8 Å². The summed E-state index contributed by atoms with van der Waals surface area (Å²) in [4.78, 5) is 24.0. The van der Waals surface area contributed by atoms with E-state index in [1.54, 1.807) is 38.3 Å². The number of benzene rings is 2. The maximum absolute atomic E-state index is 12.4. The van der Waals surface area contributed by atoms with E-state index in [1.807, 2.05) is 18.2 Å². The number of amides is 1. The first kappa shape index (κ1) is 24.9. The number of carbonyl (C=O) groups excluding carboxylic acids is 2. The molecule has 0 radical (unpaired) electrons. The molecule has 2 aromatic carbocycles. The molecule has 0 aliphatic rings. The predicted molar refractivity (Wildman–Crippen MR) is 132 cm³/mol. The quantitative estimate of drug-likeness (QED) is 0.191. The average molecular weight is 646 g/mol. The minimum absolute atomic E-state index is 0.0136. The van der Waals surface area contributed by atoms with Crippen LogP contribution in [0.25, 0.3) is 6.08 Å². The van der Waals surface area contributed by atoms with Crippen molar-refractivity contribution in [3.63, 3.8) is 0 Å². The van der Waals surface area contributed by atoms with E-state index in [9.17, 15) is 14.9 Å². The monoisotopic (exact) mass is 646 g/mol. The van der Waals surface area contributed by atoms with E-state index in [-0.39, 0.29) is 25.3 Å². The predicted octanol–water partition coefficient (Wildman–Crippen LogP) is 4.07. The molecule has 0 heterocycles. The third-order valence-corrected chi connectivity index (χ3v) is 5.55. The van der Waals surface area contributed by atoms with E-state index in [2.05, 4.69) is 50.5 Å². The number of methoxy groups -OCH3 is 1. The number of nitrogens with zero attached hydrogens (tertiary/aromatic N) is 1. The molecule has 7 nitrogen and oxygen atoms in total. The maximum atomic E-state index is 12.4. The number of ether oxygens (including phenoxy) is 3. The second kappa shape index (κ2) is 12.5. The summed E-state index contributed by atoms with van der Waals surface area (Å²) < 4.78 is 17.0. The van der Waals surface area contributed by atoms with Gasteiger partial charge in [0, 0.05) is 6.54 Å². The summed E-state index contributed by atoms with van der Waals surface area (Å²) in [6, 6.07) is 12.8. The Balaban J connectivity index is 2.09. The van der Waals surface area contributed by atoms with Crippen LogP contribution in [0.15, 0.2) is 42.0 Å². The van der Waals surface area contributed by atoms with Gasteiger partial charge in [-0.05, 0) is 93.6 Å². The Hall–Kier alpha value is -2.33. The lowest BCUT2D eigenvalue weighted by Crippen LogP contribution is -2.23. The molecule has 1 N–H and O–H groups in total. The molecular weight excluding hydrogens is 626 g/mol. The van der Waals surface area contributed by atoms with E-state index >= 15 is 0 Å². The Morgan fingerprint density at radius 1 is 1.16 bits per heavy atom. The van der Waals surface area contributed by atoms with Crippen LogP contribution in [0.2, 0.25) is 0 Å². The Morgan fingerprint density at radius 3 is 2.35 bits per heavy atom. The number of halogens is 2. The topological polar surface area (TPSA) is 97.7 Å². The third kappa shape index (κ3) is 7.70. The zero-order valence-corrected chi connectivity index (χ0v) is 21.2. The number of hydrogen-bond donors (Lipinski definition) is 1. The van der Waals surface area contributed by atoms with Crippen molar-refractivity contribution in [1.82, 2.24) is 5.32 Å². The van der Waals surface area contributed by atoms with Crippen LogP contribution < -0.4 is 14.8 Å². The number of carbonyl (C=O) groups is 2. The molecule has 0 aromatic heterocycles. The van der Waals surface area contributed by atoms with Crippen molar-refractivity contribution >= 4 is 63.1 Å². The highest BCUT2D eigenvalue weighted by atomic mass is 127. The first-order chi connectivity index (χ1) is 14.9. The van der Waals surface area contributed by atoms with Crippen LogP contribution in [0.4, 0.5) is 0 Å². The molecule has 162 valence electrons. The fraction of sp³-hybridized carbons (Fsp3) is 0.227. The minimum atomic E-state index is -0.467. The summed E-state index contributed by atoms with van der Waals surface area (Å²) in [6.45, 7) is 2.12. The number of nitrogens with one attached hydrogen (secondary N) is 1. The summed E-state index contributed by atoms with van der Waals surface area (Å²) in [5.41, 5.74) is 1.55. The highest BCUT2D eigenvalue weighted by molar-refractivity contribution is 14.1. The van der Waals surface area contributed by atoms with Crippen LogP contribution in [-0.2, 0) is 20.9 Å². The van der Waals surface area contributed by atoms with Gasteiger partial charge in [0.2, 0.25) is 0 Å². The molecule has 2 rings (SSSR count). The van der Waals surface area contributed by atoms with Crippen LogP contribution in [0.1, 0.15) is 18.1 Å². The molecule has 0 spiro atoms. The van der Waals surface area contributed by atoms with Gasteiger partial charge in [0.25, 0.3) is 5.91 Å². The molecule has 0 aliphatic heterocycles. The standard InChI is InChI=1S/C22H20I2N2O5/c1-3-30-20(27)13-31-21-18(23)9-15(10-19(21)24)8-16(11-25)22(28)26-12-14-4-6-17(29-2)7-5-14/h4-10H,3,12-13H2,1-2H3,(H,26,28)/b16-8-. The Morgan fingerprint density at radius 2 is 1.81 bits per heavy atom. The van der Waals surface area contributed by atoms with Crippen LogP contribution in [-0.4, -0.2) is 32.2 Å². The Bertz CT molecular complexity index is 991. The van der Waals surface area contributed by atoms with Crippen LogP contribution in [0.5, 0.6) is 11.5 Å². The van der Waals surface area contributed by atoms with Crippen molar-refractivity contribution in [2.75, 3.05) is 20.3 Å². The number of nitriles is 1. The molecule has 0 saturated carbocycles. The van der Waals surface area contributed by atoms with Gasteiger partial charge in [-0.3, -0.25) is 4.79 Å². The molecule has 0 bridgehead atoms. The SMILES string of the molecule is CCOC(=O)COc1c(I)cc(/C=C(/C#N)C(=O)NCc2ccc(OC)cc2)cc1I. The number of esters is 1. The van der Waals surface area contributed by atoms with Gasteiger partial charge >= 0.3 is 5.97 Å². The van der Waals surface area contributed by atoms with Crippen LogP contribution >= 0.6 is 45.2 Å². The smallest absolute Gasteiger partial charge is 0.344 e. The molecule has 1 amide bonds. The van der Waals surface area contributed by atoms with E-state index < -0.39 is 11.9 Å². The molecule has 9 heteroatoms. The Kier molecular flexibility index (Phi) is 10.1. The van der Waals surface area contributed by atoms with Gasteiger partial charge in [0.05, 0.1) is 20.9 Å². The van der Waals surface area contributed by atoms with Gasteiger partial charge in [-0.2, -0.15) is 5.26 Å². The highest BCUT2D eigenvalue weighted by Crippen LogP contribution is 2.30. The minimum Gasteiger partial charge on any atom is -0.497 e. The van der Waals surface area contributed by atoms with E-state index in [1.165, 1.54) is 6.08 Å². The van der Waals surface area contributed by atoms with Crippen molar-refractivity contribution in [1.29, 1.82) is 5.26 Å². The first-order valence-corrected chi connectivity index (χ1v) is 11.3. The second-order valence-electron chi connectivity index (χ2n) is 6.11. The first-order valence-electron chi connectivity index (χ1n) is 9.18. The Labute approximate surface area is 208 Å². The second-order valence-corrected chi connectivity index (χ2v) is 8.43. The lowest BCUT2D eigenvalue weighted by Gasteiger charge is -2.11. The van der Waals surface area contributed by atoms with Gasteiger partial charge in [-0.1, -0.05) is 12.1 Å². The largest absolute Gasteiger partial charge is 0.497 e. The van der Waals surface area contributed by atoms with Gasteiger partial charge in [-0.15, -0.1) is 0 Å². The third-order valence-electron chi connectivity index (χ3n) is 3.95. The molecule has 0 unspecified atom stereocenters. The van der Waals surface area contributed by atoms with Crippen molar-refractivity contribution in [3.05, 3.63) is 60.2 Å². The van der Waals surface area contributed by atoms with Gasteiger partial charge in [0.15, 0.2) is 6.61 Å². The molecule has 0 aliphatic carbocycles. The van der Waals surface area contributed by atoms with Crippen molar-refractivity contribution in [2.45, 2.75) is 13.5 Å². The molecule has 31 heavy (non-hydrogen) atoms. The summed E-state index contributed by atoms with van der Waals surface area (Å²) in [5, 5.41) is 12.2. The van der Waals surface area contributed by atoms with Crippen LogP contribution in [0.3, 0.4) is 0 Å². The highest BCUT2D eigenvalue weighted by Gasteiger charge is 2.13. The summed E-state index contributed by atoms with van der Waals surface area (Å²) in [5.74, 6) is 0.366. The molecular formula is C22H20I2N2O5. The molecule has 0 fully saturated rings. The molecule has 2 aromatic rings. The summed E-state index contributed by atoms with van der Waals surface area (Å²) in [7, 11) is 1.59. The maximum Gasteiger partial charge on any atom is 0.344 e. The van der Waals surface area contributed by atoms with Crippen LogP contribution in [0, 0.1) is 18.5 Å². The summed E-state index contributed by atoms with van der Waals surface area (Å²) >= 11 is 4.16. The van der Waals surface area contributed by atoms with Crippen molar-refractivity contribution in [3.8, 4) is 17.6 Å². The van der Waals surface area contributed by atoms with E-state index in [0.29, 0.717) is 11.3 Å². The van der Waals surface area contributed by atoms with Gasteiger partial charge in [-0.25, -0.2) is 4.79 Å². The van der Waals surface area contributed by atoms with Crippen molar-refractivity contribution in [2.24, 2.45) is 0 Å². The number of hydrogen-bond acceptors (Lipinski definition) is 6. The molecule has 0 saturated heterocycles. The van der Waals surface area contributed by atoms with E-state index in [4.69, 9.17) is 14.2 Å². The zero-order valence-electron chi connectivity index (χ0n) is 16.9. The molecule has 0 atom stereocenters. The lowest BCUT2D eigenvalue weighted by molar-refractivity contribution is -0.145. The fourth-order valence-electron chi connectivity index (χ4n) is 2.47. The average Bonchev–Trinajstić information content (AvgIpc) is 2.75. The van der Waals surface area contributed by atoms with Gasteiger partial charge < -0.3 is 19.5 Å². The summed E-state index contributed by atoms with van der Waals surface area (Å²) in [6.07, 6.45) is 1.52. The normalized spacial score (nSPS) is 10.7. The van der Waals surface area contributed by atoms with Gasteiger partial charge in [0.1, 0.15) is 23.1 Å². The lowest BCUT2D eigenvalue weighted by atomic mass is 10.1. The van der Waals surface area contributed by atoms with E-state index in [0.717, 1.165) is 18.5 Å². The zero-order chi connectivity index (χ0) is 22.8. The number of rotatable bonds is 9. The fourth-order valence-corrected chi connectivity index (χ4v) is 4.60.